The average Bonchev–Trinajstić information content (AvgIpc) is 2.79. The number of carbonyl (C=O) groups is 3. The Morgan fingerprint density at radius 2 is 1.61 bits per heavy atom. The number of hydrogen-bond acceptors (Lipinski definition) is 5. The van der Waals surface area contributed by atoms with Crippen molar-refractivity contribution in [1.82, 2.24) is 5.32 Å². The lowest BCUT2D eigenvalue weighted by atomic mass is 10.2. The summed E-state index contributed by atoms with van der Waals surface area (Å²) in [7, 11) is 1.33. The molecule has 7 heteroatoms. The summed E-state index contributed by atoms with van der Waals surface area (Å²) in [4.78, 5) is 36.2. The van der Waals surface area contributed by atoms with Crippen molar-refractivity contribution in [1.29, 1.82) is 0 Å². The van der Waals surface area contributed by atoms with E-state index in [1.165, 1.54) is 18.9 Å². The molecule has 0 aromatic heterocycles. The number of amides is 2. The summed E-state index contributed by atoms with van der Waals surface area (Å²) in [6.07, 6.45) is 2.85. The Balaban J connectivity index is 1.66. The van der Waals surface area contributed by atoms with Crippen molar-refractivity contribution in [2.75, 3.05) is 19.0 Å². The van der Waals surface area contributed by atoms with Crippen molar-refractivity contribution in [3.8, 4) is 0 Å². The standard InChI is InChI=1S/C24H30N2O4S/c1-30-23(28)17-21(31-18-19-11-5-2-6-12-19)24(29)25-16-10-4-9-15-22(27)26-20-13-7-3-8-14-20/h2-3,5-8,11-14,21H,4,9-10,15-18H2,1H3,(H,25,29)(H,26,27). The molecule has 2 N–H and O–H groups in total. The molecule has 1 unspecified atom stereocenters. The maximum absolute atomic E-state index is 12.6. The maximum Gasteiger partial charge on any atom is 0.307 e. The fraction of sp³-hybridized carbons (Fsp3) is 0.375. The number of unbranched alkanes of at least 4 members (excludes halogenated alkanes) is 2. The molecule has 0 heterocycles. The van der Waals surface area contributed by atoms with Crippen LogP contribution >= 0.6 is 11.8 Å². The number of thioether (sulfide) groups is 1. The van der Waals surface area contributed by atoms with E-state index in [1.54, 1.807) is 0 Å². The first-order valence-corrected chi connectivity index (χ1v) is 11.5. The molecule has 1 atom stereocenters. The Kier molecular flexibility index (Phi) is 11.2. The highest BCUT2D eigenvalue weighted by Crippen LogP contribution is 2.21. The Hall–Kier alpha value is -2.80. The van der Waals surface area contributed by atoms with Crippen LogP contribution in [0.1, 0.15) is 37.7 Å². The van der Waals surface area contributed by atoms with Gasteiger partial charge in [-0.2, -0.15) is 0 Å². The molecule has 0 saturated carbocycles. The van der Waals surface area contributed by atoms with Crippen molar-refractivity contribution < 1.29 is 19.1 Å². The normalized spacial score (nSPS) is 11.4. The first kappa shape index (κ1) is 24.5. The second-order valence-electron chi connectivity index (χ2n) is 7.08. The van der Waals surface area contributed by atoms with Crippen LogP contribution in [-0.4, -0.2) is 36.7 Å². The summed E-state index contributed by atoms with van der Waals surface area (Å²) in [6, 6.07) is 19.2. The largest absolute Gasteiger partial charge is 0.469 e. The third-order valence-corrected chi connectivity index (χ3v) is 5.89. The lowest BCUT2D eigenvalue weighted by molar-refractivity contribution is -0.141. The van der Waals surface area contributed by atoms with Crippen molar-refractivity contribution in [2.45, 2.75) is 43.1 Å². The van der Waals surface area contributed by atoms with Crippen LogP contribution in [0.2, 0.25) is 0 Å². The van der Waals surface area contributed by atoms with E-state index in [9.17, 15) is 14.4 Å². The second kappa shape index (κ2) is 14.2. The van der Waals surface area contributed by atoms with Gasteiger partial charge in [-0.15, -0.1) is 11.8 Å². The molecule has 0 fully saturated rings. The molecule has 2 rings (SSSR count). The molecule has 2 aromatic carbocycles. The van der Waals surface area contributed by atoms with E-state index in [0.717, 1.165) is 30.5 Å². The highest BCUT2D eigenvalue weighted by molar-refractivity contribution is 7.99. The minimum Gasteiger partial charge on any atom is -0.469 e. The van der Waals surface area contributed by atoms with Gasteiger partial charge < -0.3 is 15.4 Å². The lowest BCUT2D eigenvalue weighted by Crippen LogP contribution is -2.35. The Labute approximate surface area is 188 Å². The van der Waals surface area contributed by atoms with Crippen LogP contribution in [0, 0.1) is 0 Å². The number of nitrogens with one attached hydrogen (secondary N) is 2. The fourth-order valence-electron chi connectivity index (χ4n) is 2.89. The number of methoxy groups -OCH3 is 1. The smallest absolute Gasteiger partial charge is 0.307 e. The minimum absolute atomic E-state index is 0.00862. The second-order valence-corrected chi connectivity index (χ2v) is 8.27. The van der Waals surface area contributed by atoms with Gasteiger partial charge in [0, 0.05) is 24.4 Å². The molecule has 2 aromatic rings. The third-order valence-electron chi connectivity index (χ3n) is 4.60. The summed E-state index contributed by atoms with van der Waals surface area (Å²) in [5.41, 5.74) is 1.90. The number of anilines is 1. The molecule has 31 heavy (non-hydrogen) atoms. The van der Waals surface area contributed by atoms with Crippen LogP contribution in [0.4, 0.5) is 5.69 Å². The SMILES string of the molecule is COC(=O)CC(SCc1ccccc1)C(=O)NCCCCCC(=O)Nc1ccccc1. The van der Waals surface area contributed by atoms with Crippen LogP contribution in [0.25, 0.3) is 0 Å². The number of esters is 1. The molecule has 0 aliphatic rings. The molecule has 6 nitrogen and oxygen atoms in total. The molecule has 0 bridgehead atoms. The first-order chi connectivity index (χ1) is 15.1. The number of rotatable bonds is 13. The Morgan fingerprint density at radius 1 is 0.935 bits per heavy atom. The van der Waals surface area contributed by atoms with Gasteiger partial charge in [0.2, 0.25) is 11.8 Å². The summed E-state index contributed by atoms with van der Waals surface area (Å²) >= 11 is 1.43. The highest BCUT2D eigenvalue weighted by atomic mass is 32.2. The fourth-order valence-corrected chi connectivity index (χ4v) is 3.97. The van der Waals surface area contributed by atoms with E-state index in [0.29, 0.717) is 18.7 Å². The summed E-state index contributed by atoms with van der Waals surface area (Å²) in [6.45, 7) is 0.517. The predicted molar refractivity (Wildman–Crippen MR) is 125 cm³/mol. The molecule has 0 saturated heterocycles. The van der Waals surface area contributed by atoms with E-state index in [1.807, 2.05) is 60.7 Å². The molecular formula is C24H30N2O4S. The number of ether oxygens (including phenoxy) is 1. The molecule has 0 aliphatic heterocycles. The molecule has 166 valence electrons. The average molecular weight is 443 g/mol. The predicted octanol–water partition coefficient (Wildman–Crippen LogP) is 4.17. The van der Waals surface area contributed by atoms with Gasteiger partial charge in [-0.3, -0.25) is 14.4 Å². The zero-order valence-electron chi connectivity index (χ0n) is 17.8. The molecule has 0 radical (unpaired) electrons. The summed E-state index contributed by atoms with van der Waals surface area (Å²) in [5.74, 6) is 0.0795. The van der Waals surface area contributed by atoms with Gasteiger partial charge in [-0.25, -0.2) is 0 Å². The van der Waals surface area contributed by atoms with Gasteiger partial charge in [0.1, 0.15) is 0 Å². The molecule has 0 aliphatic carbocycles. The number of hydrogen-bond donors (Lipinski definition) is 2. The topological polar surface area (TPSA) is 84.5 Å². The van der Waals surface area contributed by atoms with Crippen LogP contribution in [0.5, 0.6) is 0 Å². The minimum atomic E-state index is -0.496. The van der Waals surface area contributed by atoms with Gasteiger partial charge in [0.25, 0.3) is 0 Å². The van der Waals surface area contributed by atoms with Gasteiger partial charge in [-0.05, 0) is 30.5 Å². The van der Waals surface area contributed by atoms with Crippen LogP contribution in [0.15, 0.2) is 60.7 Å². The van der Waals surface area contributed by atoms with Crippen molar-refractivity contribution in [3.05, 3.63) is 66.2 Å². The van der Waals surface area contributed by atoms with Gasteiger partial charge in [0.05, 0.1) is 18.8 Å². The van der Waals surface area contributed by atoms with Crippen molar-refractivity contribution in [3.63, 3.8) is 0 Å². The summed E-state index contributed by atoms with van der Waals surface area (Å²) < 4.78 is 4.74. The highest BCUT2D eigenvalue weighted by Gasteiger charge is 2.22. The Bertz CT molecular complexity index is 815. The summed E-state index contributed by atoms with van der Waals surface area (Å²) in [5, 5.41) is 5.27. The van der Waals surface area contributed by atoms with Gasteiger partial charge in [-0.1, -0.05) is 55.0 Å². The van der Waals surface area contributed by atoms with Crippen LogP contribution in [-0.2, 0) is 24.9 Å². The van der Waals surface area contributed by atoms with E-state index >= 15 is 0 Å². The van der Waals surface area contributed by atoms with Crippen LogP contribution in [0.3, 0.4) is 0 Å². The number of para-hydroxylation sites is 1. The van der Waals surface area contributed by atoms with Crippen molar-refractivity contribution >= 4 is 35.2 Å². The maximum atomic E-state index is 12.6. The van der Waals surface area contributed by atoms with Gasteiger partial charge >= 0.3 is 5.97 Å². The first-order valence-electron chi connectivity index (χ1n) is 10.4. The van der Waals surface area contributed by atoms with E-state index < -0.39 is 11.2 Å². The monoisotopic (exact) mass is 442 g/mol. The van der Waals surface area contributed by atoms with E-state index in [4.69, 9.17) is 4.74 Å². The van der Waals surface area contributed by atoms with E-state index in [2.05, 4.69) is 10.6 Å². The molecular weight excluding hydrogens is 412 g/mol. The lowest BCUT2D eigenvalue weighted by Gasteiger charge is -2.15. The molecule has 2 amide bonds. The zero-order valence-corrected chi connectivity index (χ0v) is 18.7. The molecule has 0 spiro atoms. The van der Waals surface area contributed by atoms with Gasteiger partial charge in [0.15, 0.2) is 0 Å². The third kappa shape index (κ3) is 10.2. The Morgan fingerprint density at radius 3 is 2.29 bits per heavy atom. The van der Waals surface area contributed by atoms with E-state index in [-0.39, 0.29) is 18.2 Å². The number of benzene rings is 2. The number of carbonyl (C=O) groups excluding carboxylic acids is 3. The van der Waals surface area contributed by atoms with Crippen molar-refractivity contribution in [2.24, 2.45) is 0 Å². The quantitative estimate of drug-likeness (QED) is 0.359. The van der Waals surface area contributed by atoms with Crippen LogP contribution < -0.4 is 10.6 Å². The zero-order chi connectivity index (χ0) is 22.3.